The van der Waals surface area contributed by atoms with E-state index in [1.165, 1.54) is 12.8 Å². The van der Waals surface area contributed by atoms with Crippen LogP contribution in [0.15, 0.2) is 0 Å². The zero-order chi connectivity index (χ0) is 15.8. The van der Waals surface area contributed by atoms with Gasteiger partial charge in [0.2, 0.25) is 5.91 Å². The summed E-state index contributed by atoms with van der Waals surface area (Å²) in [6.07, 6.45) is 5.25. The van der Waals surface area contributed by atoms with E-state index in [-0.39, 0.29) is 30.7 Å². The third-order valence-corrected chi connectivity index (χ3v) is 5.26. The van der Waals surface area contributed by atoms with Crippen molar-refractivity contribution >= 4 is 30.7 Å². The van der Waals surface area contributed by atoms with Crippen molar-refractivity contribution in [1.29, 1.82) is 0 Å². The summed E-state index contributed by atoms with van der Waals surface area (Å²) in [7, 11) is 1.75. The summed E-state index contributed by atoms with van der Waals surface area (Å²) in [6, 6.07) is 0.367. The number of nitrogens with one attached hydrogen (secondary N) is 2. The number of hydrogen-bond acceptors (Lipinski definition) is 4. The number of hydrogen-bond donors (Lipinski definition) is 2. The molecule has 2 aliphatic rings. The Bertz CT molecular complexity index is 334. The maximum Gasteiger partial charge on any atom is 0.220 e. The predicted octanol–water partition coefficient (Wildman–Crippen LogP) is 2.08. The highest BCUT2D eigenvalue weighted by molar-refractivity contribution is 5.85. The number of halogens is 2. The monoisotopic (exact) mass is 383 g/mol. The lowest BCUT2D eigenvalue weighted by atomic mass is 9.84. The van der Waals surface area contributed by atoms with Crippen LogP contribution in [-0.2, 0) is 9.53 Å². The first kappa shape index (κ1) is 23.9. The van der Waals surface area contributed by atoms with Crippen LogP contribution in [0.3, 0.4) is 0 Å². The molecule has 1 atom stereocenters. The fourth-order valence-corrected chi connectivity index (χ4v) is 3.68. The van der Waals surface area contributed by atoms with E-state index in [9.17, 15) is 4.79 Å². The van der Waals surface area contributed by atoms with Gasteiger partial charge in [-0.2, -0.15) is 0 Å². The molecule has 0 aliphatic carbocycles. The van der Waals surface area contributed by atoms with Gasteiger partial charge in [-0.3, -0.25) is 4.79 Å². The summed E-state index contributed by atoms with van der Waals surface area (Å²) >= 11 is 0. The number of carbonyl (C=O) groups is 1. The second-order valence-electron chi connectivity index (χ2n) is 6.95. The molecule has 0 aromatic carbocycles. The van der Waals surface area contributed by atoms with Crippen LogP contribution in [0.1, 0.15) is 39.0 Å². The first-order valence-corrected chi connectivity index (χ1v) is 8.90. The van der Waals surface area contributed by atoms with E-state index in [0.29, 0.717) is 24.3 Å². The van der Waals surface area contributed by atoms with Gasteiger partial charge in [0.05, 0.1) is 6.61 Å². The van der Waals surface area contributed by atoms with Gasteiger partial charge in [-0.25, -0.2) is 0 Å². The molecule has 2 N–H and O–H groups in total. The number of nitrogens with zero attached hydrogens (tertiary/aromatic N) is 1. The van der Waals surface area contributed by atoms with Gasteiger partial charge in [0.15, 0.2) is 0 Å². The number of rotatable bonds is 7. The number of piperidine rings is 2. The maximum absolute atomic E-state index is 12.3. The Morgan fingerprint density at radius 3 is 2.42 bits per heavy atom. The molecule has 2 rings (SSSR count). The van der Waals surface area contributed by atoms with Crippen LogP contribution >= 0.6 is 24.8 Å². The molecule has 0 saturated carbocycles. The number of carbonyl (C=O) groups excluding carboxylic acids is 1. The number of amides is 1. The average molecular weight is 384 g/mol. The van der Waals surface area contributed by atoms with E-state index in [0.717, 1.165) is 52.2 Å². The zero-order valence-corrected chi connectivity index (χ0v) is 16.7. The Kier molecular flexibility index (Phi) is 13.1. The topological polar surface area (TPSA) is 53.6 Å². The van der Waals surface area contributed by atoms with Gasteiger partial charge in [0.1, 0.15) is 0 Å². The molecular weight excluding hydrogens is 349 g/mol. The highest BCUT2D eigenvalue weighted by Crippen LogP contribution is 2.24. The molecular formula is C17H35Cl2N3O2. The molecule has 7 heteroatoms. The van der Waals surface area contributed by atoms with Crippen molar-refractivity contribution < 1.29 is 9.53 Å². The van der Waals surface area contributed by atoms with Crippen molar-refractivity contribution in [2.75, 3.05) is 46.4 Å². The lowest BCUT2D eigenvalue weighted by Gasteiger charge is -2.33. The highest BCUT2D eigenvalue weighted by atomic mass is 35.5. The number of ether oxygens (including phenoxy) is 1. The summed E-state index contributed by atoms with van der Waals surface area (Å²) in [5.41, 5.74) is 0. The lowest BCUT2D eigenvalue weighted by Crippen LogP contribution is -2.45. The second kappa shape index (κ2) is 13.2. The summed E-state index contributed by atoms with van der Waals surface area (Å²) < 4.78 is 5.12. The Morgan fingerprint density at radius 1 is 1.21 bits per heavy atom. The van der Waals surface area contributed by atoms with Crippen LogP contribution in [0.2, 0.25) is 0 Å². The van der Waals surface area contributed by atoms with Crippen LogP contribution in [0, 0.1) is 11.8 Å². The maximum atomic E-state index is 12.3. The van der Waals surface area contributed by atoms with Crippen molar-refractivity contribution in [3.05, 3.63) is 0 Å². The largest absolute Gasteiger partial charge is 0.383 e. The third kappa shape index (κ3) is 8.34. The summed E-state index contributed by atoms with van der Waals surface area (Å²) in [6.45, 7) is 8.39. The second-order valence-corrected chi connectivity index (χ2v) is 6.95. The van der Waals surface area contributed by atoms with Crippen molar-refractivity contribution in [1.82, 2.24) is 15.5 Å². The van der Waals surface area contributed by atoms with Crippen LogP contribution in [0.5, 0.6) is 0 Å². The Morgan fingerprint density at radius 2 is 1.83 bits per heavy atom. The van der Waals surface area contributed by atoms with E-state index >= 15 is 0 Å². The molecule has 2 heterocycles. The summed E-state index contributed by atoms with van der Waals surface area (Å²) in [5.74, 6) is 1.47. The SMILES string of the molecule is COCCN1CCC(NC(=O)CC(C)C2CCNCC2)CC1.Cl.Cl. The molecule has 144 valence electrons. The number of methoxy groups -OCH3 is 1. The Balaban J connectivity index is 0.00000264. The molecule has 2 aliphatic heterocycles. The van der Waals surface area contributed by atoms with Gasteiger partial charge in [-0.1, -0.05) is 6.92 Å². The van der Waals surface area contributed by atoms with E-state index < -0.39 is 0 Å². The highest BCUT2D eigenvalue weighted by Gasteiger charge is 2.24. The number of likely N-dealkylation sites (tertiary alicyclic amines) is 1. The Hall–Kier alpha value is -0.0700. The van der Waals surface area contributed by atoms with Crippen molar-refractivity contribution in [2.24, 2.45) is 11.8 Å². The molecule has 0 radical (unpaired) electrons. The normalized spacial score (nSPS) is 21.4. The fraction of sp³-hybridized carbons (Fsp3) is 0.941. The molecule has 1 unspecified atom stereocenters. The smallest absolute Gasteiger partial charge is 0.220 e. The molecule has 1 amide bonds. The summed E-state index contributed by atoms with van der Waals surface area (Å²) in [5, 5.41) is 6.65. The van der Waals surface area contributed by atoms with E-state index in [2.05, 4.69) is 22.5 Å². The molecule has 5 nitrogen and oxygen atoms in total. The first-order chi connectivity index (χ1) is 10.7. The van der Waals surface area contributed by atoms with Crippen molar-refractivity contribution in [3.63, 3.8) is 0 Å². The van der Waals surface area contributed by atoms with Crippen LogP contribution < -0.4 is 10.6 Å². The van der Waals surface area contributed by atoms with Gasteiger partial charge in [-0.15, -0.1) is 24.8 Å². The predicted molar refractivity (Wildman–Crippen MR) is 103 cm³/mol. The average Bonchev–Trinajstić information content (AvgIpc) is 2.55. The third-order valence-electron chi connectivity index (χ3n) is 5.26. The van der Waals surface area contributed by atoms with Crippen molar-refractivity contribution in [2.45, 2.75) is 45.1 Å². The van der Waals surface area contributed by atoms with Gasteiger partial charge in [0, 0.05) is 39.2 Å². The van der Waals surface area contributed by atoms with E-state index in [1.807, 2.05) is 0 Å². The molecule has 0 bridgehead atoms. The van der Waals surface area contributed by atoms with Crippen LogP contribution in [0.4, 0.5) is 0 Å². The van der Waals surface area contributed by atoms with Crippen molar-refractivity contribution in [3.8, 4) is 0 Å². The minimum absolute atomic E-state index is 0. The van der Waals surface area contributed by atoms with Crippen LogP contribution in [0.25, 0.3) is 0 Å². The minimum Gasteiger partial charge on any atom is -0.383 e. The van der Waals surface area contributed by atoms with E-state index in [4.69, 9.17) is 4.74 Å². The fourth-order valence-electron chi connectivity index (χ4n) is 3.68. The quantitative estimate of drug-likeness (QED) is 0.706. The van der Waals surface area contributed by atoms with Gasteiger partial charge >= 0.3 is 0 Å². The van der Waals surface area contributed by atoms with E-state index in [1.54, 1.807) is 7.11 Å². The van der Waals surface area contributed by atoms with Gasteiger partial charge < -0.3 is 20.3 Å². The van der Waals surface area contributed by atoms with Gasteiger partial charge in [-0.05, 0) is 50.6 Å². The minimum atomic E-state index is 0. The van der Waals surface area contributed by atoms with Crippen LogP contribution in [-0.4, -0.2) is 63.3 Å². The molecule has 0 spiro atoms. The standard InChI is InChI=1S/C17H33N3O2.2ClH/c1-14(15-3-7-18-8-4-15)13-17(21)19-16-5-9-20(10-6-16)11-12-22-2;;/h14-16,18H,3-13H2,1-2H3,(H,19,21);2*1H. The molecule has 2 saturated heterocycles. The molecule has 0 aromatic rings. The molecule has 0 aromatic heterocycles. The molecule has 2 fully saturated rings. The first-order valence-electron chi connectivity index (χ1n) is 8.90. The van der Waals surface area contributed by atoms with Gasteiger partial charge in [0.25, 0.3) is 0 Å². The molecule has 24 heavy (non-hydrogen) atoms. The lowest BCUT2D eigenvalue weighted by molar-refractivity contribution is -0.123. The Labute approximate surface area is 159 Å². The zero-order valence-electron chi connectivity index (χ0n) is 15.1. The summed E-state index contributed by atoms with van der Waals surface area (Å²) in [4.78, 5) is 14.7.